The van der Waals surface area contributed by atoms with Gasteiger partial charge >= 0.3 is 11.9 Å². The Labute approximate surface area is 68.9 Å². The number of carbonyl (C=O) groups is 2. The third-order valence-electron chi connectivity index (χ3n) is 1.05. The number of nitrogens with two attached hydrogens (primary N) is 1. The number of carboxylic acid groups (broad SMARTS) is 2. The highest BCUT2D eigenvalue weighted by Crippen LogP contribution is 2.09. The van der Waals surface area contributed by atoms with E-state index in [1.165, 1.54) is 0 Å². The van der Waals surface area contributed by atoms with E-state index in [2.05, 4.69) is 0 Å². The smallest absolute Gasteiger partial charge is 0.414 e. The monoisotopic (exact) mass is 177 g/mol. The highest BCUT2D eigenvalue weighted by Gasteiger charge is 2.27. The largest absolute Gasteiger partial charge is 0.473 e. The van der Waals surface area contributed by atoms with E-state index in [0.29, 0.717) is 0 Å². The van der Waals surface area contributed by atoms with E-state index in [4.69, 9.17) is 30.3 Å². The van der Waals surface area contributed by atoms with E-state index >= 15 is 0 Å². The lowest BCUT2D eigenvalue weighted by Crippen LogP contribution is -2.54. The molecule has 1 aliphatic rings. The molecule has 12 heavy (non-hydrogen) atoms. The van der Waals surface area contributed by atoms with E-state index < -0.39 is 11.9 Å². The van der Waals surface area contributed by atoms with Crippen LogP contribution in [0.15, 0.2) is 0 Å². The minimum absolute atomic E-state index is 0. The average molecular weight is 177 g/mol. The van der Waals surface area contributed by atoms with Gasteiger partial charge in [-0.15, -0.1) is 0 Å². The number of ether oxygens (including phenoxy) is 1. The highest BCUT2D eigenvalue weighted by molar-refractivity contribution is 6.27. The Kier molecular flexibility index (Phi) is 3.65. The number of rotatable bonds is 0. The van der Waals surface area contributed by atoms with Crippen LogP contribution >= 0.6 is 0 Å². The van der Waals surface area contributed by atoms with Crippen LogP contribution in [0.25, 0.3) is 0 Å². The Morgan fingerprint density at radius 2 is 1.58 bits per heavy atom. The molecule has 0 bridgehead atoms. The van der Waals surface area contributed by atoms with Gasteiger partial charge < -0.3 is 20.7 Å². The lowest BCUT2D eigenvalue weighted by molar-refractivity contribution is -0.159. The van der Waals surface area contributed by atoms with Gasteiger partial charge in [-0.05, 0) is 6.92 Å². The predicted octanol–water partition coefficient (Wildman–Crippen LogP) is -1.11. The Hall–Kier alpha value is -1.14. The Morgan fingerprint density at radius 3 is 1.58 bits per heavy atom. The first kappa shape index (κ1) is 10.9. The van der Waals surface area contributed by atoms with Crippen LogP contribution in [0.1, 0.15) is 6.92 Å². The molecule has 0 radical (unpaired) electrons. The molecule has 6 nitrogen and oxygen atoms in total. The van der Waals surface area contributed by atoms with Crippen molar-refractivity contribution in [1.29, 1.82) is 0 Å². The van der Waals surface area contributed by atoms with E-state index in [0.717, 1.165) is 13.2 Å². The van der Waals surface area contributed by atoms with Gasteiger partial charge in [-0.1, -0.05) is 0 Å². The summed E-state index contributed by atoms with van der Waals surface area (Å²) in [5.41, 5.74) is 5.50. The van der Waals surface area contributed by atoms with Crippen LogP contribution in [0.4, 0.5) is 0 Å². The van der Waals surface area contributed by atoms with Gasteiger partial charge in [-0.3, -0.25) is 0 Å². The molecule has 1 fully saturated rings. The number of hydrogen-bond acceptors (Lipinski definition) is 4. The lowest BCUT2D eigenvalue weighted by Gasteiger charge is -2.33. The van der Waals surface area contributed by atoms with Gasteiger partial charge in [-0.25, -0.2) is 9.59 Å². The van der Waals surface area contributed by atoms with Crippen LogP contribution < -0.4 is 5.73 Å². The van der Waals surface area contributed by atoms with Crippen LogP contribution in [0.5, 0.6) is 0 Å². The van der Waals surface area contributed by atoms with E-state index in [1.807, 2.05) is 6.92 Å². The van der Waals surface area contributed by atoms with Crippen LogP contribution in [0.2, 0.25) is 0 Å². The van der Waals surface area contributed by atoms with Gasteiger partial charge in [-0.2, -0.15) is 0 Å². The molecular weight excluding hydrogens is 166 g/mol. The Bertz CT molecular complexity index is 170. The molecule has 0 saturated carbocycles. The summed E-state index contributed by atoms with van der Waals surface area (Å²) < 4.78 is 4.81. The van der Waals surface area contributed by atoms with Crippen molar-refractivity contribution < 1.29 is 24.5 Å². The summed E-state index contributed by atoms with van der Waals surface area (Å²) in [6, 6.07) is 0. The van der Waals surface area contributed by atoms with Crippen molar-refractivity contribution in [2.75, 3.05) is 13.2 Å². The molecule has 1 aliphatic heterocycles. The molecule has 0 atom stereocenters. The summed E-state index contributed by atoms with van der Waals surface area (Å²) in [5, 5.41) is 14.8. The standard InChI is InChI=1S/C4H9NO.C2H2O4/c1-4(5)2-6-3-4;3-1(4)2(5)6/h2-3,5H2,1H3;(H,3,4)(H,5,6). The van der Waals surface area contributed by atoms with Gasteiger partial charge in [0.05, 0.1) is 18.8 Å². The molecule has 70 valence electrons. The quantitative estimate of drug-likeness (QED) is 0.405. The second-order valence-corrected chi connectivity index (χ2v) is 2.76. The second kappa shape index (κ2) is 4.03. The zero-order chi connectivity index (χ0) is 9.78. The zero-order valence-electron chi connectivity index (χ0n) is 6.61. The molecule has 0 aromatic heterocycles. The van der Waals surface area contributed by atoms with Crippen molar-refractivity contribution in [3.8, 4) is 0 Å². The molecule has 0 amide bonds. The molecule has 1 saturated heterocycles. The first-order valence-corrected chi connectivity index (χ1v) is 3.18. The SMILES string of the molecule is CC1(N)COC1.O=C(O)C(=O)O. The number of hydrogen-bond donors (Lipinski definition) is 3. The fraction of sp³-hybridized carbons (Fsp3) is 0.667. The predicted molar refractivity (Wildman–Crippen MR) is 38.7 cm³/mol. The van der Waals surface area contributed by atoms with E-state index in [-0.39, 0.29) is 5.54 Å². The van der Waals surface area contributed by atoms with E-state index in [1.54, 1.807) is 0 Å². The third kappa shape index (κ3) is 4.64. The van der Waals surface area contributed by atoms with Crippen molar-refractivity contribution >= 4 is 11.9 Å². The minimum atomic E-state index is -1.82. The van der Waals surface area contributed by atoms with E-state index in [9.17, 15) is 0 Å². The topological polar surface area (TPSA) is 110 Å². The summed E-state index contributed by atoms with van der Waals surface area (Å²) in [7, 11) is 0. The molecular formula is C6H11NO5. The maximum Gasteiger partial charge on any atom is 0.414 e. The number of carboxylic acids is 2. The van der Waals surface area contributed by atoms with Crippen LogP contribution in [0.3, 0.4) is 0 Å². The van der Waals surface area contributed by atoms with Gasteiger partial charge in [0.25, 0.3) is 0 Å². The zero-order valence-corrected chi connectivity index (χ0v) is 6.61. The van der Waals surface area contributed by atoms with Gasteiger partial charge in [0.2, 0.25) is 0 Å². The molecule has 1 rings (SSSR count). The molecule has 1 heterocycles. The molecule has 0 aliphatic carbocycles. The molecule has 0 spiro atoms. The summed E-state index contributed by atoms with van der Waals surface area (Å²) in [4.78, 5) is 18.2. The molecule has 0 aromatic carbocycles. The normalized spacial score (nSPS) is 18.2. The third-order valence-corrected chi connectivity index (χ3v) is 1.05. The first-order valence-electron chi connectivity index (χ1n) is 3.18. The Morgan fingerprint density at radius 1 is 1.33 bits per heavy atom. The van der Waals surface area contributed by atoms with Crippen LogP contribution in [-0.2, 0) is 14.3 Å². The fourth-order valence-electron chi connectivity index (χ4n) is 0.424. The summed E-state index contributed by atoms with van der Waals surface area (Å²) in [6.45, 7) is 3.44. The first-order chi connectivity index (χ1) is 5.35. The molecule has 4 N–H and O–H groups in total. The fourth-order valence-corrected chi connectivity index (χ4v) is 0.424. The summed E-state index contributed by atoms with van der Waals surface area (Å²) in [5.74, 6) is -3.65. The van der Waals surface area contributed by atoms with Gasteiger partial charge in [0.15, 0.2) is 0 Å². The van der Waals surface area contributed by atoms with Gasteiger partial charge in [0, 0.05) is 0 Å². The second-order valence-electron chi connectivity index (χ2n) is 2.76. The maximum atomic E-state index is 9.10. The maximum absolute atomic E-state index is 9.10. The lowest BCUT2D eigenvalue weighted by atomic mass is 10.0. The van der Waals surface area contributed by atoms with Crippen molar-refractivity contribution in [2.45, 2.75) is 12.5 Å². The molecule has 6 heteroatoms. The molecule has 0 unspecified atom stereocenters. The van der Waals surface area contributed by atoms with Crippen LogP contribution in [0, 0.1) is 0 Å². The van der Waals surface area contributed by atoms with Crippen molar-refractivity contribution in [1.82, 2.24) is 0 Å². The van der Waals surface area contributed by atoms with Crippen molar-refractivity contribution in [3.63, 3.8) is 0 Å². The van der Waals surface area contributed by atoms with Crippen molar-refractivity contribution in [2.24, 2.45) is 5.73 Å². The summed E-state index contributed by atoms with van der Waals surface area (Å²) in [6.07, 6.45) is 0. The minimum Gasteiger partial charge on any atom is -0.473 e. The van der Waals surface area contributed by atoms with Crippen LogP contribution in [-0.4, -0.2) is 40.9 Å². The average Bonchev–Trinajstić information content (AvgIpc) is 1.86. The van der Waals surface area contributed by atoms with Gasteiger partial charge in [0.1, 0.15) is 0 Å². The summed E-state index contributed by atoms with van der Waals surface area (Å²) >= 11 is 0. The highest BCUT2D eigenvalue weighted by atomic mass is 16.5. The molecule has 0 aromatic rings. The Balaban J connectivity index is 0.000000202. The number of aliphatic carboxylic acids is 2. The van der Waals surface area contributed by atoms with Crippen molar-refractivity contribution in [3.05, 3.63) is 0 Å².